The number of nitrogens with zero attached hydrogens (tertiary/aromatic N) is 2. The second-order valence-corrected chi connectivity index (χ2v) is 7.10. The molecule has 2 N–H and O–H groups in total. The van der Waals surface area contributed by atoms with E-state index in [-0.39, 0.29) is 29.9 Å². The van der Waals surface area contributed by atoms with Crippen LogP contribution in [0.1, 0.15) is 29.5 Å². The monoisotopic (exact) mass is 522 g/mol. The maximum Gasteiger partial charge on any atom is 0.222 e. The molecule has 162 valence electrons. The summed E-state index contributed by atoms with van der Waals surface area (Å²) in [4.78, 5) is 18.8. The van der Waals surface area contributed by atoms with Crippen molar-refractivity contribution in [3.8, 4) is 5.75 Å². The molecule has 0 aliphatic carbocycles. The fraction of sp³-hybridized carbons (Fsp3) is 0.391. The Labute approximate surface area is 196 Å². The summed E-state index contributed by atoms with van der Waals surface area (Å²) < 4.78 is 5.37. The third kappa shape index (κ3) is 6.62. The molecule has 0 atom stereocenters. The van der Waals surface area contributed by atoms with Crippen molar-refractivity contribution in [2.45, 2.75) is 32.4 Å². The molecule has 0 aromatic heterocycles. The first-order chi connectivity index (χ1) is 14.2. The molecule has 1 aliphatic heterocycles. The molecule has 0 unspecified atom stereocenters. The van der Waals surface area contributed by atoms with Gasteiger partial charge in [0.15, 0.2) is 5.96 Å². The van der Waals surface area contributed by atoms with Crippen LogP contribution in [-0.4, -0.2) is 44.0 Å². The number of methoxy groups -OCH3 is 1. The van der Waals surface area contributed by atoms with Gasteiger partial charge in [-0.3, -0.25) is 9.79 Å². The van der Waals surface area contributed by atoms with Crippen LogP contribution in [0.3, 0.4) is 0 Å². The van der Waals surface area contributed by atoms with Crippen LogP contribution < -0.4 is 15.4 Å². The van der Waals surface area contributed by atoms with Gasteiger partial charge in [-0.1, -0.05) is 42.5 Å². The molecule has 1 amide bonds. The van der Waals surface area contributed by atoms with Crippen LogP contribution in [0.15, 0.2) is 53.5 Å². The maximum absolute atomic E-state index is 12.5. The van der Waals surface area contributed by atoms with Crippen molar-refractivity contribution in [3.05, 3.63) is 65.2 Å². The number of halogens is 1. The number of ether oxygens (including phenoxy) is 1. The highest BCUT2D eigenvalue weighted by molar-refractivity contribution is 14.0. The van der Waals surface area contributed by atoms with Crippen molar-refractivity contribution >= 4 is 35.8 Å². The molecule has 1 heterocycles. The summed E-state index contributed by atoms with van der Waals surface area (Å²) in [6, 6.07) is 16.3. The van der Waals surface area contributed by atoms with Crippen molar-refractivity contribution < 1.29 is 9.53 Å². The van der Waals surface area contributed by atoms with Gasteiger partial charge in [-0.2, -0.15) is 0 Å². The highest BCUT2D eigenvalue weighted by atomic mass is 127. The zero-order valence-corrected chi connectivity index (χ0v) is 20.0. The predicted octanol–water partition coefficient (Wildman–Crippen LogP) is 3.34. The van der Waals surface area contributed by atoms with Crippen molar-refractivity contribution in [2.75, 3.05) is 27.2 Å². The lowest BCUT2D eigenvalue weighted by atomic mass is 9.99. The van der Waals surface area contributed by atoms with Crippen molar-refractivity contribution in [1.82, 2.24) is 15.5 Å². The average molecular weight is 522 g/mol. The molecule has 2 aromatic rings. The van der Waals surface area contributed by atoms with Crippen LogP contribution in [0.25, 0.3) is 0 Å². The molecule has 0 fully saturated rings. The predicted molar refractivity (Wildman–Crippen MR) is 131 cm³/mol. The zero-order chi connectivity index (χ0) is 20.5. The fourth-order valence-corrected chi connectivity index (χ4v) is 3.56. The third-order valence-corrected chi connectivity index (χ3v) is 5.21. The first kappa shape index (κ1) is 24.0. The van der Waals surface area contributed by atoms with Gasteiger partial charge in [-0.05, 0) is 30.0 Å². The summed E-state index contributed by atoms with van der Waals surface area (Å²) in [7, 11) is 3.41. The summed E-state index contributed by atoms with van der Waals surface area (Å²) in [5, 5.41) is 6.56. The summed E-state index contributed by atoms with van der Waals surface area (Å²) >= 11 is 0. The van der Waals surface area contributed by atoms with Crippen molar-refractivity contribution in [2.24, 2.45) is 4.99 Å². The minimum Gasteiger partial charge on any atom is -0.496 e. The minimum absolute atomic E-state index is 0. The average Bonchev–Trinajstić information content (AvgIpc) is 2.78. The van der Waals surface area contributed by atoms with E-state index >= 15 is 0 Å². The van der Waals surface area contributed by atoms with E-state index in [0.717, 1.165) is 43.2 Å². The Morgan fingerprint density at radius 3 is 2.60 bits per heavy atom. The van der Waals surface area contributed by atoms with E-state index in [2.05, 4.69) is 33.8 Å². The van der Waals surface area contributed by atoms with E-state index in [1.54, 1.807) is 14.2 Å². The molecule has 0 saturated heterocycles. The molecular weight excluding hydrogens is 491 g/mol. The van der Waals surface area contributed by atoms with Crippen LogP contribution in [0.5, 0.6) is 5.75 Å². The number of aliphatic imine (C=N–C) groups is 1. The SMILES string of the molecule is CN=C(NCCCC(=O)N1CCc2ccccc2C1)NCc1ccccc1OC.I. The van der Waals surface area contributed by atoms with Crippen LogP contribution in [0.2, 0.25) is 0 Å². The summed E-state index contributed by atoms with van der Waals surface area (Å²) in [6.07, 6.45) is 2.25. The Bertz CT molecular complexity index is 857. The summed E-state index contributed by atoms with van der Waals surface area (Å²) in [5.74, 6) is 1.79. The van der Waals surface area contributed by atoms with Gasteiger partial charge >= 0.3 is 0 Å². The van der Waals surface area contributed by atoms with Gasteiger partial charge in [0.05, 0.1) is 7.11 Å². The lowest BCUT2D eigenvalue weighted by molar-refractivity contribution is -0.132. The van der Waals surface area contributed by atoms with E-state index < -0.39 is 0 Å². The lowest BCUT2D eigenvalue weighted by Crippen LogP contribution is -2.38. The molecule has 2 aromatic carbocycles. The van der Waals surface area contributed by atoms with E-state index in [4.69, 9.17) is 4.74 Å². The van der Waals surface area contributed by atoms with Gasteiger partial charge in [-0.15, -0.1) is 24.0 Å². The topological polar surface area (TPSA) is 66.0 Å². The van der Waals surface area contributed by atoms with E-state index in [1.165, 1.54) is 11.1 Å². The quantitative estimate of drug-likeness (QED) is 0.254. The molecule has 0 spiro atoms. The van der Waals surface area contributed by atoms with Crippen LogP contribution >= 0.6 is 24.0 Å². The van der Waals surface area contributed by atoms with Gasteiger partial charge in [0.2, 0.25) is 5.91 Å². The number of hydrogen-bond donors (Lipinski definition) is 2. The lowest BCUT2D eigenvalue weighted by Gasteiger charge is -2.29. The first-order valence-electron chi connectivity index (χ1n) is 10.1. The molecule has 3 rings (SSSR count). The number of carbonyl (C=O) groups is 1. The van der Waals surface area contributed by atoms with E-state index in [0.29, 0.717) is 19.5 Å². The molecule has 1 aliphatic rings. The molecule has 0 radical (unpaired) electrons. The number of fused-ring (bicyclic) bond motifs is 1. The summed E-state index contributed by atoms with van der Waals surface area (Å²) in [5.41, 5.74) is 3.70. The van der Waals surface area contributed by atoms with Gasteiger partial charge in [0, 0.05) is 45.2 Å². The molecule has 30 heavy (non-hydrogen) atoms. The van der Waals surface area contributed by atoms with Crippen molar-refractivity contribution in [1.29, 1.82) is 0 Å². The number of rotatable bonds is 7. The molecule has 0 bridgehead atoms. The Morgan fingerprint density at radius 2 is 1.83 bits per heavy atom. The third-order valence-electron chi connectivity index (χ3n) is 5.21. The van der Waals surface area contributed by atoms with E-state index in [9.17, 15) is 4.79 Å². The van der Waals surface area contributed by atoms with Gasteiger partial charge in [0.25, 0.3) is 0 Å². The molecule has 0 saturated carbocycles. The van der Waals surface area contributed by atoms with Gasteiger partial charge in [-0.25, -0.2) is 0 Å². The fourth-order valence-electron chi connectivity index (χ4n) is 3.56. The van der Waals surface area contributed by atoms with Gasteiger partial charge < -0.3 is 20.3 Å². The Kier molecular flexibility index (Phi) is 9.93. The molecular formula is C23H31IN4O2. The second kappa shape index (κ2) is 12.4. The number of carbonyl (C=O) groups excluding carboxylic acids is 1. The van der Waals surface area contributed by atoms with Crippen LogP contribution in [-0.2, 0) is 24.3 Å². The number of amides is 1. The number of benzene rings is 2. The molecule has 7 heteroatoms. The number of nitrogens with one attached hydrogen (secondary N) is 2. The minimum atomic E-state index is 0. The Hall–Kier alpha value is -2.29. The van der Waals surface area contributed by atoms with Crippen LogP contribution in [0.4, 0.5) is 0 Å². The van der Waals surface area contributed by atoms with Crippen LogP contribution in [0, 0.1) is 0 Å². The zero-order valence-electron chi connectivity index (χ0n) is 17.7. The molecule has 6 nitrogen and oxygen atoms in total. The Morgan fingerprint density at radius 1 is 1.10 bits per heavy atom. The highest BCUT2D eigenvalue weighted by Crippen LogP contribution is 2.19. The Balaban J connectivity index is 0.00000320. The van der Waals surface area contributed by atoms with Gasteiger partial charge in [0.1, 0.15) is 5.75 Å². The summed E-state index contributed by atoms with van der Waals surface area (Å²) in [6.45, 7) is 2.85. The number of hydrogen-bond acceptors (Lipinski definition) is 3. The normalized spacial score (nSPS) is 13.1. The highest BCUT2D eigenvalue weighted by Gasteiger charge is 2.19. The largest absolute Gasteiger partial charge is 0.496 e. The maximum atomic E-state index is 12.5. The van der Waals surface area contributed by atoms with Crippen molar-refractivity contribution in [3.63, 3.8) is 0 Å². The number of guanidine groups is 1. The smallest absolute Gasteiger partial charge is 0.222 e. The number of para-hydroxylation sites is 1. The first-order valence-corrected chi connectivity index (χ1v) is 10.1. The standard InChI is InChI=1S/C23H30N4O2.HI/c1-24-23(26-16-19-9-5-6-11-21(19)29-2)25-14-7-12-22(28)27-15-13-18-8-3-4-10-20(18)17-27;/h3-6,8-11H,7,12-17H2,1-2H3,(H2,24,25,26);1H. The van der Waals surface area contributed by atoms with E-state index in [1.807, 2.05) is 35.2 Å². The second-order valence-electron chi connectivity index (χ2n) is 7.10.